The predicted octanol–water partition coefficient (Wildman–Crippen LogP) is 3.82. The van der Waals surface area contributed by atoms with Gasteiger partial charge >= 0.3 is 0 Å². The minimum atomic E-state index is -1.07. The number of nitrogens with zero attached hydrogens (tertiary/aromatic N) is 1. The molecule has 31 heavy (non-hydrogen) atoms. The van der Waals surface area contributed by atoms with Gasteiger partial charge in [0.2, 0.25) is 5.91 Å². The summed E-state index contributed by atoms with van der Waals surface area (Å²) in [5.41, 5.74) is 2.20. The van der Waals surface area contributed by atoms with Crippen LogP contribution in [0.1, 0.15) is 38.7 Å². The maximum atomic E-state index is 13.3. The minimum absolute atomic E-state index is 0.00124. The van der Waals surface area contributed by atoms with Gasteiger partial charge < -0.3 is 15.0 Å². The van der Waals surface area contributed by atoms with Gasteiger partial charge in [-0.2, -0.15) is 0 Å². The smallest absolute Gasteiger partial charge is 0.254 e. The Hall–Kier alpha value is -2.66. The largest absolute Gasteiger partial charge is 0.361 e. The number of nitrogens with one attached hydrogen (secondary N) is 1. The second-order valence-corrected chi connectivity index (χ2v) is 9.10. The van der Waals surface area contributed by atoms with E-state index in [1.54, 1.807) is 0 Å². The maximum absolute atomic E-state index is 13.3. The highest BCUT2D eigenvalue weighted by Crippen LogP contribution is 2.32. The minimum Gasteiger partial charge on any atom is -0.361 e. The normalized spacial score (nSPS) is 21.6. The Bertz CT molecular complexity index is 923. The van der Waals surface area contributed by atoms with Gasteiger partial charge in [0, 0.05) is 24.9 Å². The zero-order chi connectivity index (χ0) is 21.8. The zero-order valence-electron chi connectivity index (χ0n) is 18.5. The fourth-order valence-electron chi connectivity index (χ4n) is 4.43. The van der Waals surface area contributed by atoms with Crippen molar-refractivity contribution in [2.75, 3.05) is 19.7 Å². The van der Waals surface area contributed by atoms with Crippen molar-refractivity contribution in [3.8, 4) is 11.1 Å². The Morgan fingerprint density at radius 1 is 1.10 bits per heavy atom. The SMILES string of the molecule is CC(C)NC(=O)[C@@]1(Cc2cccc(-c3ccccc3)c2)CN(C(=O)C2CCC2)CCO1. The third-order valence-corrected chi connectivity index (χ3v) is 6.31. The van der Waals surface area contributed by atoms with Crippen LogP contribution in [0.15, 0.2) is 54.6 Å². The Kier molecular flexibility index (Phi) is 6.42. The summed E-state index contributed by atoms with van der Waals surface area (Å²) in [6.07, 6.45) is 3.47. The lowest BCUT2D eigenvalue weighted by Crippen LogP contribution is -2.63. The van der Waals surface area contributed by atoms with E-state index in [0.29, 0.717) is 26.1 Å². The first-order chi connectivity index (χ1) is 15.0. The van der Waals surface area contributed by atoms with Gasteiger partial charge in [0.05, 0.1) is 13.2 Å². The fourth-order valence-corrected chi connectivity index (χ4v) is 4.43. The van der Waals surface area contributed by atoms with Gasteiger partial charge in [0.15, 0.2) is 5.60 Å². The second-order valence-electron chi connectivity index (χ2n) is 9.10. The molecule has 1 saturated heterocycles. The second kappa shape index (κ2) is 9.23. The molecule has 0 bridgehead atoms. The molecule has 1 N–H and O–H groups in total. The lowest BCUT2D eigenvalue weighted by atomic mass is 9.83. The molecule has 164 valence electrons. The topological polar surface area (TPSA) is 58.6 Å². The van der Waals surface area contributed by atoms with Crippen LogP contribution in [0.2, 0.25) is 0 Å². The molecule has 0 spiro atoms. The van der Waals surface area contributed by atoms with E-state index in [1.807, 2.05) is 49.1 Å². The molecule has 1 aliphatic heterocycles. The van der Waals surface area contributed by atoms with Gasteiger partial charge in [0.25, 0.3) is 5.91 Å². The van der Waals surface area contributed by atoms with Crippen LogP contribution in [0.5, 0.6) is 0 Å². The molecule has 0 unspecified atom stereocenters. The molecule has 1 aliphatic carbocycles. The van der Waals surface area contributed by atoms with Gasteiger partial charge in [0.1, 0.15) is 0 Å². The molecule has 1 heterocycles. The van der Waals surface area contributed by atoms with Gasteiger partial charge in [-0.05, 0) is 43.4 Å². The quantitative estimate of drug-likeness (QED) is 0.773. The molecular formula is C26H32N2O3. The molecule has 0 aromatic heterocycles. The summed E-state index contributed by atoms with van der Waals surface area (Å²) in [6, 6.07) is 18.5. The molecule has 1 atom stereocenters. The molecule has 2 fully saturated rings. The lowest BCUT2D eigenvalue weighted by Gasteiger charge is -2.43. The summed E-state index contributed by atoms with van der Waals surface area (Å²) in [5, 5.41) is 3.03. The summed E-state index contributed by atoms with van der Waals surface area (Å²) in [5.74, 6) is 0.151. The van der Waals surface area contributed by atoms with E-state index in [4.69, 9.17) is 4.74 Å². The summed E-state index contributed by atoms with van der Waals surface area (Å²) < 4.78 is 6.18. The molecule has 0 radical (unpaired) electrons. The standard InChI is InChI=1S/C26H32N2O3/c1-19(2)27-25(30)26(18-28(14-15-31-26)24(29)22-11-7-12-22)17-20-8-6-13-23(16-20)21-9-4-3-5-10-21/h3-6,8-10,13,16,19,22H,7,11-12,14-15,17-18H2,1-2H3,(H,27,30)/t26-/m1/s1. The van der Waals surface area contributed by atoms with Crippen molar-refractivity contribution in [3.05, 3.63) is 60.2 Å². The van der Waals surface area contributed by atoms with Crippen molar-refractivity contribution < 1.29 is 14.3 Å². The average molecular weight is 421 g/mol. The summed E-state index contributed by atoms with van der Waals surface area (Å²) in [7, 11) is 0. The Morgan fingerprint density at radius 2 is 1.84 bits per heavy atom. The van der Waals surface area contributed by atoms with Crippen molar-refractivity contribution in [1.29, 1.82) is 0 Å². The van der Waals surface area contributed by atoms with Gasteiger partial charge in [-0.3, -0.25) is 9.59 Å². The number of benzene rings is 2. The summed E-state index contributed by atoms with van der Waals surface area (Å²) in [6.45, 7) is 5.12. The van der Waals surface area contributed by atoms with Crippen molar-refractivity contribution in [1.82, 2.24) is 10.2 Å². The van der Waals surface area contributed by atoms with E-state index in [0.717, 1.165) is 36.0 Å². The molecule has 2 aromatic rings. The van der Waals surface area contributed by atoms with Crippen LogP contribution < -0.4 is 5.32 Å². The number of hydrogen-bond acceptors (Lipinski definition) is 3. The number of rotatable bonds is 6. The van der Waals surface area contributed by atoms with Crippen LogP contribution in [0.4, 0.5) is 0 Å². The Balaban J connectivity index is 1.61. The Labute approximate surface area is 184 Å². The number of morpholine rings is 1. The van der Waals surface area contributed by atoms with E-state index in [2.05, 4.69) is 29.6 Å². The first kappa shape index (κ1) is 21.6. The number of carbonyl (C=O) groups excluding carboxylic acids is 2. The van der Waals surface area contributed by atoms with E-state index < -0.39 is 5.60 Å². The monoisotopic (exact) mass is 420 g/mol. The van der Waals surface area contributed by atoms with Gasteiger partial charge in [-0.15, -0.1) is 0 Å². The summed E-state index contributed by atoms with van der Waals surface area (Å²) >= 11 is 0. The molecule has 5 heteroatoms. The molecule has 1 saturated carbocycles. The third kappa shape index (κ3) is 4.82. The van der Waals surface area contributed by atoms with E-state index in [1.165, 1.54) is 0 Å². The zero-order valence-corrected chi connectivity index (χ0v) is 18.5. The van der Waals surface area contributed by atoms with Crippen molar-refractivity contribution in [3.63, 3.8) is 0 Å². The number of carbonyl (C=O) groups is 2. The first-order valence-corrected chi connectivity index (χ1v) is 11.3. The van der Waals surface area contributed by atoms with Crippen LogP contribution in [0, 0.1) is 5.92 Å². The molecule has 2 aliphatic rings. The highest BCUT2D eigenvalue weighted by molar-refractivity contribution is 5.88. The lowest BCUT2D eigenvalue weighted by molar-refractivity contribution is -0.169. The van der Waals surface area contributed by atoms with Crippen molar-refractivity contribution in [2.24, 2.45) is 5.92 Å². The molecule has 4 rings (SSSR count). The van der Waals surface area contributed by atoms with Crippen LogP contribution >= 0.6 is 0 Å². The first-order valence-electron chi connectivity index (χ1n) is 11.3. The third-order valence-electron chi connectivity index (χ3n) is 6.31. The van der Waals surface area contributed by atoms with Crippen molar-refractivity contribution in [2.45, 2.75) is 51.2 Å². The van der Waals surface area contributed by atoms with E-state index in [9.17, 15) is 9.59 Å². The highest BCUT2D eigenvalue weighted by Gasteiger charge is 2.46. The molecule has 2 aromatic carbocycles. The highest BCUT2D eigenvalue weighted by atomic mass is 16.5. The van der Waals surface area contributed by atoms with Gasteiger partial charge in [-0.25, -0.2) is 0 Å². The van der Waals surface area contributed by atoms with E-state index >= 15 is 0 Å². The number of ether oxygens (including phenoxy) is 1. The van der Waals surface area contributed by atoms with E-state index in [-0.39, 0.29) is 23.8 Å². The van der Waals surface area contributed by atoms with Crippen molar-refractivity contribution >= 4 is 11.8 Å². The Morgan fingerprint density at radius 3 is 2.52 bits per heavy atom. The molecule has 5 nitrogen and oxygen atoms in total. The number of amides is 2. The summed E-state index contributed by atoms with van der Waals surface area (Å²) in [4.78, 5) is 28.1. The number of hydrogen-bond donors (Lipinski definition) is 1. The van der Waals surface area contributed by atoms with Crippen LogP contribution in [-0.2, 0) is 20.7 Å². The average Bonchev–Trinajstić information content (AvgIpc) is 2.73. The van der Waals surface area contributed by atoms with Crippen LogP contribution in [0.3, 0.4) is 0 Å². The molecule has 2 amide bonds. The maximum Gasteiger partial charge on any atom is 0.254 e. The fraction of sp³-hybridized carbons (Fsp3) is 0.462. The molecular weight excluding hydrogens is 388 g/mol. The predicted molar refractivity (Wildman–Crippen MR) is 121 cm³/mol. The van der Waals surface area contributed by atoms with Crippen LogP contribution in [0.25, 0.3) is 11.1 Å². The van der Waals surface area contributed by atoms with Crippen LogP contribution in [-0.4, -0.2) is 48.1 Å². The van der Waals surface area contributed by atoms with Gasteiger partial charge in [-0.1, -0.05) is 61.0 Å².